The Morgan fingerprint density at radius 1 is 0.364 bits per heavy atom. The fourth-order valence-electron chi connectivity index (χ4n) is 6.22. The number of para-hydroxylation sites is 2. The summed E-state index contributed by atoms with van der Waals surface area (Å²) >= 11 is 0. The minimum Gasteiger partial charge on any atom is -0.276 e. The zero-order valence-electron chi connectivity index (χ0n) is 23.4. The van der Waals surface area contributed by atoms with Gasteiger partial charge in [0.2, 0.25) is 11.9 Å². The first-order valence-corrected chi connectivity index (χ1v) is 14.5. The van der Waals surface area contributed by atoms with E-state index in [9.17, 15) is 0 Å². The molecule has 7 heteroatoms. The van der Waals surface area contributed by atoms with E-state index in [0.717, 1.165) is 54.7 Å². The molecule has 0 spiro atoms. The van der Waals surface area contributed by atoms with Crippen LogP contribution in [0.1, 0.15) is 0 Å². The summed E-state index contributed by atoms with van der Waals surface area (Å²) in [5, 5.41) is 4.43. The number of benzene rings is 5. The summed E-state index contributed by atoms with van der Waals surface area (Å²) in [6, 6.07) is 43.2. The van der Waals surface area contributed by atoms with E-state index in [1.165, 1.54) is 0 Å². The van der Waals surface area contributed by atoms with Crippen LogP contribution >= 0.6 is 0 Å². The van der Waals surface area contributed by atoms with E-state index in [1.807, 2.05) is 66.7 Å². The fourth-order valence-corrected chi connectivity index (χ4v) is 6.22. The lowest BCUT2D eigenvalue weighted by Crippen LogP contribution is -2.07. The van der Waals surface area contributed by atoms with Gasteiger partial charge in [-0.15, -0.1) is 0 Å². The van der Waals surface area contributed by atoms with Gasteiger partial charge in [0.25, 0.3) is 0 Å². The summed E-state index contributed by atoms with van der Waals surface area (Å²) in [4.78, 5) is 24.6. The van der Waals surface area contributed by atoms with Crippen molar-refractivity contribution < 1.29 is 0 Å². The van der Waals surface area contributed by atoms with Gasteiger partial charge in [-0.05, 0) is 18.2 Å². The molecule has 44 heavy (non-hydrogen) atoms. The summed E-state index contributed by atoms with van der Waals surface area (Å²) < 4.78 is 4.33. The average molecular weight is 566 g/mol. The Kier molecular flexibility index (Phi) is 5.36. The Morgan fingerprint density at radius 2 is 0.818 bits per heavy atom. The Hall–Kier alpha value is -6.21. The average Bonchev–Trinajstić information content (AvgIpc) is 3.62. The first kappa shape index (κ1) is 24.4. The molecule has 0 unspecified atom stereocenters. The number of hydrogen-bond donors (Lipinski definition) is 0. The molecule has 0 radical (unpaired) electrons. The molecule has 0 aliphatic rings. The van der Waals surface area contributed by atoms with Gasteiger partial charge >= 0.3 is 0 Å². The molecular formula is C37H23N7. The van der Waals surface area contributed by atoms with Crippen molar-refractivity contribution in [3.63, 3.8) is 0 Å². The Bertz CT molecular complexity index is 2420. The second kappa shape index (κ2) is 9.68. The van der Waals surface area contributed by atoms with Crippen molar-refractivity contribution in [3.8, 4) is 34.7 Å². The maximum absolute atomic E-state index is 5.14. The fraction of sp³-hybridized carbons (Fsp3) is 0. The van der Waals surface area contributed by atoms with Crippen LogP contribution in [0.15, 0.2) is 140 Å². The molecule has 0 amide bonds. The third kappa shape index (κ3) is 3.66. The molecular weight excluding hydrogens is 542 g/mol. The lowest BCUT2D eigenvalue weighted by atomic mass is 10.1. The van der Waals surface area contributed by atoms with Gasteiger partial charge in [0, 0.05) is 45.1 Å². The van der Waals surface area contributed by atoms with Gasteiger partial charge < -0.3 is 0 Å². The molecule has 4 aromatic heterocycles. The van der Waals surface area contributed by atoms with Gasteiger partial charge in [-0.2, -0.15) is 9.97 Å². The van der Waals surface area contributed by atoms with Crippen LogP contribution in [0.5, 0.6) is 0 Å². The summed E-state index contributed by atoms with van der Waals surface area (Å²) in [6.45, 7) is 0. The summed E-state index contributed by atoms with van der Waals surface area (Å²) in [6.07, 6.45) is 3.56. The molecule has 7 nitrogen and oxygen atoms in total. The van der Waals surface area contributed by atoms with Crippen LogP contribution in [0.25, 0.3) is 78.3 Å². The van der Waals surface area contributed by atoms with Crippen LogP contribution in [0.4, 0.5) is 0 Å². The van der Waals surface area contributed by atoms with Crippen LogP contribution in [-0.4, -0.2) is 34.1 Å². The van der Waals surface area contributed by atoms with Crippen molar-refractivity contribution in [1.29, 1.82) is 0 Å². The lowest BCUT2D eigenvalue weighted by Gasteiger charge is -2.12. The largest absolute Gasteiger partial charge is 0.276 e. The zero-order chi connectivity index (χ0) is 29.0. The van der Waals surface area contributed by atoms with Crippen LogP contribution in [0, 0.1) is 0 Å². The third-order valence-electron chi connectivity index (χ3n) is 8.11. The van der Waals surface area contributed by atoms with E-state index in [0.29, 0.717) is 23.5 Å². The van der Waals surface area contributed by atoms with E-state index in [-0.39, 0.29) is 0 Å². The molecule has 4 heterocycles. The van der Waals surface area contributed by atoms with Gasteiger partial charge in [0.05, 0.1) is 22.1 Å². The molecule has 0 saturated heterocycles. The predicted octanol–water partition coefficient (Wildman–Crippen LogP) is 8.19. The SMILES string of the molecule is c1ccc(-c2nc(-c3ccccc3)nc(-n3c4ccccc4c4ccc5c6ccccc6n(-c6ncccn6)c5c43)n2)cc1. The molecule has 0 N–H and O–H groups in total. The molecule has 0 fully saturated rings. The van der Waals surface area contributed by atoms with Gasteiger partial charge in [0.15, 0.2) is 11.6 Å². The van der Waals surface area contributed by atoms with E-state index in [4.69, 9.17) is 24.9 Å². The van der Waals surface area contributed by atoms with E-state index in [1.54, 1.807) is 12.4 Å². The van der Waals surface area contributed by atoms with E-state index in [2.05, 4.69) is 69.8 Å². The summed E-state index contributed by atoms with van der Waals surface area (Å²) in [5.41, 5.74) is 5.86. The minimum atomic E-state index is 0.544. The molecule has 0 atom stereocenters. The summed E-state index contributed by atoms with van der Waals surface area (Å²) in [5.74, 6) is 2.37. The minimum absolute atomic E-state index is 0.544. The second-order valence-electron chi connectivity index (χ2n) is 10.6. The van der Waals surface area contributed by atoms with Crippen molar-refractivity contribution in [2.24, 2.45) is 0 Å². The Morgan fingerprint density at radius 3 is 1.34 bits per heavy atom. The smallest absolute Gasteiger partial charge is 0.238 e. The number of fused-ring (bicyclic) bond motifs is 7. The highest BCUT2D eigenvalue weighted by atomic mass is 15.2. The van der Waals surface area contributed by atoms with Gasteiger partial charge in [-0.25, -0.2) is 15.0 Å². The highest BCUT2D eigenvalue weighted by Crippen LogP contribution is 2.41. The normalized spacial score (nSPS) is 11.6. The van der Waals surface area contributed by atoms with Crippen LogP contribution in [-0.2, 0) is 0 Å². The molecule has 206 valence electrons. The van der Waals surface area contributed by atoms with Crippen molar-refractivity contribution >= 4 is 43.6 Å². The van der Waals surface area contributed by atoms with E-state index < -0.39 is 0 Å². The van der Waals surface area contributed by atoms with Crippen LogP contribution < -0.4 is 0 Å². The number of nitrogens with zero attached hydrogens (tertiary/aromatic N) is 7. The number of aromatic nitrogens is 7. The van der Waals surface area contributed by atoms with Gasteiger partial charge in [-0.1, -0.05) is 109 Å². The standard InChI is InChI=1S/C37H23N7/c1-3-12-24(13-4-1)34-40-35(25-14-5-2-6-15-25)42-37(41-34)44-31-19-10-8-17-27(31)29-21-20-28-26-16-7-9-18-30(26)43(32(28)33(29)44)36-38-22-11-23-39-36/h1-23H. The van der Waals surface area contributed by atoms with Gasteiger partial charge in [0.1, 0.15) is 0 Å². The van der Waals surface area contributed by atoms with Crippen LogP contribution in [0.2, 0.25) is 0 Å². The molecule has 5 aromatic carbocycles. The lowest BCUT2D eigenvalue weighted by molar-refractivity contribution is 0.949. The quantitative estimate of drug-likeness (QED) is 0.215. The predicted molar refractivity (Wildman–Crippen MR) is 175 cm³/mol. The third-order valence-corrected chi connectivity index (χ3v) is 8.11. The summed E-state index contributed by atoms with van der Waals surface area (Å²) in [7, 11) is 0. The molecule has 0 bridgehead atoms. The highest BCUT2D eigenvalue weighted by molar-refractivity contribution is 6.23. The molecule has 9 aromatic rings. The van der Waals surface area contributed by atoms with Gasteiger partial charge in [-0.3, -0.25) is 9.13 Å². The Balaban J connectivity index is 1.48. The van der Waals surface area contributed by atoms with Crippen LogP contribution in [0.3, 0.4) is 0 Å². The highest BCUT2D eigenvalue weighted by Gasteiger charge is 2.23. The van der Waals surface area contributed by atoms with Crippen molar-refractivity contribution in [1.82, 2.24) is 34.1 Å². The van der Waals surface area contributed by atoms with Crippen molar-refractivity contribution in [2.45, 2.75) is 0 Å². The number of rotatable bonds is 4. The Labute approximate surface area is 251 Å². The topological polar surface area (TPSA) is 74.3 Å². The molecule has 0 saturated carbocycles. The first-order valence-electron chi connectivity index (χ1n) is 14.5. The van der Waals surface area contributed by atoms with Crippen molar-refractivity contribution in [2.75, 3.05) is 0 Å². The van der Waals surface area contributed by atoms with E-state index >= 15 is 0 Å². The second-order valence-corrected chi connectivity index (χ2v) is 10.6. The molecule has 0 aliphatic carbocycles. The zero-order valence-corrected chi connectivity index (χ0v) is 23.4. The van der Waals surface area contributed by atoms with Crippen molar-refractivity contribution in [3.05, 3.63) is 140 Å². The molecule has 0 aliphatic heterocycles. The molecule has 9 rings (SSSR count). The maximum Gasteiger partial charge on any atom is 0.238 e. The first-order chi connectivity index (χ1) is 21.8. The number of hydrogen-bond acceptors (Lipinski definition) is 5. The maximum atomic E-state index is 5.14. The monoisotopic (exact) mass is 565 g/mol.